The van der Waals surface area contributed by atoms with Crippen molar-refractivity contribution < 1.29 is 19.1 Å². The highest BCUT2D eigenvalue weighted by Gasteiger charge is 2.58. The van der Waals surface area contributed by atoms with Gasteiger partial charge in [-0.2, -0.15) is 9.35 Å². The van der Waals surface area contributed by atoms with E-state index in [1.165, 1.54) is 0 Å². The molecule has 0 radical (unpaired) electrons. The van der Waals surface area contributed by atoms with Gasteiger partial charge < -0.3 is 9.79 Å². The molecule has 0 aromatic rings. The first-order valence-corrected chi connectivity index (χ1v) is 13.7. The van der Waals surface area contributed by atoms with E-state index in [0.29, 0.717) is 11.8 Å². The highest BCUT2D eigenvalue weighted by Crippen LogP contribution is 2.74. The van der Waals surface area contributed by atoms with Crippen LogP contribution in [-0.4, -0.2) is 20.1 Å². The predicted octanol–water partition coefficient (Wildman–Crippen LogP) is 4.20. The molecule has 4 nitrogen and oxygen atoms in total. The Balaban J connectivity index is 1.48. The lowest BCUT2D eigenvalue weighted by atomic mass is 10.0. The van der Waals surface area contributed by atoms with Crippen LogP contribution in [0, 0.1) is 11.8 Å². The third-order valence-electron chi connectivity index (χ3n) is 6.84. The highest BCUT2D eigenvalue weighted by atomic mass is 32.5. The van der Waals surface area contributed by atoms with E-state index in [4.69, 9.17) is 33.0 Å². The van der Waals surface area contributed by atoms with Crippen molar-refractivity contribution in [3.63, 3.8) is 0 Å². The summed E-state index contributed by atoms with van der Waals surface area (Å²) in [6.07, 6.45) is 10.1. The topological polar surface area (TPSA) is 58.9 Å². The Morgan fingerprint density at radius 1 is 0.727 bits per heavy atom. The summed E-state index contributed by atoms with van der Waals surface area (Å²) >= 11 is 10.9. The zero-order valence-corrected chi connectivity index (χ0v) is 16.1. The molecule has 4 bridgehead atoms. The minimum absolute atomic E-state index is 0.284. The van der Waals surface area contributed by atoms with Crippen molar-refractivity contribution in [2.24, 2.45) is 11.8 Å². The first-order valence-electron chi connectivity index (χ1n) is 8.31. The molecule has 0 aromatic carbocycles. The smallest absolute Gasteiger partial charge is 0.226 e. The SMILES string of the molecule is OP(=S)(OOP(O)(=S)C12CCC(CC1)C2)C12CCC(CC1)C2. The lowest BCUT2D eigenvalue weighted by molar-refractivity contribution is -0.105. The average Bonchev–Trinajstić information content (AvgIpc) is 3.25. The third kappa shape index (κ3) is 2.37. The highest BCUT2D eigenvalue weighted by molar-refractivity contribution is 8.11. The number of fused-ring (bicyclic) bond motifs is 4. The Morgan fingerprint density at radius 2 is 1.05 bits per heavy atom. The minimum atomic E-state index is -3.08. The van der Waals surface area contributed by atoms with Crippen LogP contribution >= 0.6 is 13.0 Å². The van der Waals surface area contributed by atoms with Crippen molar-refractivity contribution in [1.82, 2.24) is 0 Å². The van der Waals surface area contributed by atoms with Crippen molar-refractivity contribution in [2.45, 2.75) is 74.5 Å². The molecule has 0 spiro atoms. The Kier molecular flexibility index (Phi) is 4.01. The summed E-state index contributed by atoms with van der Waals surface area (Å²) < 4.78 is 10.9. The van der Waals surface area contributed by atoms with Crippen LogP contribution in [-0.2, 0) is 33.0 Å². The fourth-order valence-corrected chi connectivity index (χ4v) is 11.1. The molecule has 4 aliphatic rings. The minimum Gasteiger partial charge on any atom is -0.343 e. The van der Waals surface area contributed by atoms with Crippen molar-refractivity contribution in [1.29, 1.82) is 0 Å². The zero-order valence-electron chi connectivity index (χ0n) is 12.6. The van der Waals surface area contributed by atoms with Gasteiger partial charge in [-0.3, -0.25) is 0 Å². The van der Waals surface area contributed by atoms with E-state index in [2.05, 4.69) is 0 Å². The third-order valence-corrected chi connectivity index (χ3v) is 13.9. The van der Waals surface area contributed by atoms with Crippen LogP contribution in [0.2, 0.25) is 0 Å². The van der Waals surface area contributed by atoms with E-state index in [1.807, 2.05) is 0 Å². The van der Waals surface area contributed by atoms with E-state index < -0.39 is 13.0 Å². The van der Waals surface area contributed by atoms with Crippen LogP contribution in [0.1, 0.15) is 64.2 Å². The molecule has 4 rings (SSSR count). The van der Waals surface area contributed by atoms with Gasteiger partial charge in [-0.1, -0.05) is 0 Å². The quantitative estimate of drug-likeness (QED) is 0.422. The van der Waals surface area contributed by atoms with Gasteiger partial charge in [0.2, 0.25) is 13.0 Å². The molecule has 0 heterocycles. The maximum absolute atomic E-state index is 10.8. The lowest BCUT2D eigenvalue weighted by Gasteiger charge is -2.37. The molecule has 22 heavy (non-hydrogen) atoms. The molecular formula is C14H24O4P2S2. The lowest BCUT2D eigenvalue weighted by Crippen LogP contribution is -2.26. The van der Waals surface area contributed by atoms with Gasteiger partial charge in [0.25, 0.3) is 0 Å². The molecule has 0 amide bonds. The fourth-order valence-electron chi connectivity index (χ4n) is 5.37. The second kappa shape index (κ2) is 5.32. The van der Waals surface area contributed by atoms with Crippen LogP contribution in [0.5, 0.6) is 0 Å². The molecule has 0 saturated heterocycles. The van der Waals surface area contributed by atoms with Gasteiger partial charge in [0.15, 0.2) is 0 Å². The molecule has 4 aliphatic carbocycles. The second-order valence-corrected chi connectivity index (χ2v) is 15.2. The van der Waals surface area contributed by atoms with E-state index >= 15 is 0 Å². The Hall–Kier alpha value is 1.14. The van der Waals surface area contributed by atoms with Gasteiger partial charge >= 0.3 is 0 Å². The summed E-state index contributed by atoms with van der Waals surface area (Å²) in [6, 6.07) is 0. The summed E-state index contributed by atoms with van der Waals surface area (Å²) in [7, 11) is 0. The summed E-state index contributed by atoms with van der Waals surface area (Å²) in [5, 5.41) is -0.568. The summed E-state index contributed by atoms with van der Waals surface area (Å²) in [6.45, 7) is -6.16. The van der Waals surface area contributed by atoms with E-state index in [1.54, 1.807) is 0 Å². The Labute approximate surface area is 142 Å². The predicted molar refractivity (Wildman–Crippen MR) is 93.8 cm³/mol. The molecule has 8 heteroatoms. The molecule has 4 saturated carbocycles. The molecule has 126 valence electrons. The van der Waals surface area contributed by atoms with Gasteiger partial charge in [-0.25, -0.2) is 0 Å². The van der Waals surface area contributed by atoms with E-state index in [0.717, 1.165) is 64.2 Å². The van der Waals surface area contributed by atoms with Crippen LogP contribution in [0.4, 0.5) is 0 Å². The van der Waals surface area contributed by atoms with Crippen LogP contribution in [0.3, 0.4) is 0 Å². The Bertz CT molecular complexity index is 515. The van der Waals surface area contributed by atoms with Crippen molar-refractivity contribution in [2.75, 3.05) is 0 Å². The van der Waals surface area contributed by atoms with Gasteiger partial charge in [0.05, 0.1) is 0 Å². The van der Waals surface area contributed by atoms with Gasteiger partial charge in [-0.15, -0.1) is 0 Å². The monoisotopic (exact) mass is 382 g/mol. The molecule has 0 aliphatic heterocycles. The van der Waals surface area contributed by atoms with Crippen molar-refractivity contribution >= 4 is 36.6 Å². The molecular weight excluding hydrogens is 358 g/mol. The first kappa shape index (κ1) is 16.6. The van der Waals surface area contributed by atoms with Gasteiger partial charge in [-0.05, 0) is 99.7 Å². The summed E-state index contributed by atoms with van der Waals surface area (Å²) in [5.74, 6) is 1.36. The number of hydrogen-bond acceptors (Lipinski definition) is 4. The molecule has 2 N–H and O–H groups in total. The number of hydrogen-bond donors (Lipinski definition) is 2. The van der Waals surface area contributed by atoms with Crippen molar-refractivity contribution in [3.05, 3.63) is 0 Å². The maximum atomic E-state index is 10.8. The van der Waals surface area contributed by atoms with Crippen molar-refractivity contribution in [3.8, 4) is 0 Å². The van der Waals surface area contributed by atoms with Gasteiger partial charge in [0.1, 0.15) is 0 Å². The summed E-state index contributed by atoms with van der Waals surface area (Å²) in [5.41, 5.74) is 0. The molecule has 0 aromatic heterocycles. The number of rotatable bonds is 5. The van der Waals surface area contributed by atoms with Crippen LogP contribution < -0.4 is 0 Å². The largest absolute Gasteiger partial charge is 0.343 e. The molecule has 2 atom stereocenters. The molecule has 2 unspecified atom stereocenters. The fraction of sp³-hybridized carbons (Fsp3) is 1.00. The second-order valence-electron chi connectivity index (χ2n) is 7.93. The zero-order chi connectivity index (χ0) is 15.6. The molecule has 4 fully saturated rings. The van der Waals surface area contributed by atoms with Crippen LogP contribution in [0.15, 0.2) is 0 Å². The van der Waals surface area contributed by atoms with E-state index in [9.17, 15) is 9.79 Å². The normalized spacial score (nSPS) is 48.5. The maximum Gasteiger partial charge on any atom is 0.226 e. The first-order chi connectivity index (χ1) is 10.3. The summed E-state index contributed by atoms with van der Waals surface area (Å²) in [4.78, 5) is 21.6. The average molecular weight is 382 g/mol. The van der Waals surface area contributed by atoms with Gasteiger partial charge in [0, 0.05) is 10.3 Å². The standard InChI is InChI=1S/C14H24O4P2S2/c15-19(21,13-5-1-11(9-13)2-6-13)17-18-20(16,22)14-7-3-12(10-14)4-8-14/h11-12H,1-10H2,(H,15,21)(H,16,22). The van der Waals surface area contributed by atoms with E-state index in [-0.39, 0.29) is 10.3 Å². The Morgan fingerprint density at radius 3 is 1.27 bits per heavy atom. The van der Waals surface area contributed by atoms with Crippen LogP contribution in [0.25, 0.3) is 0 Å².